The minimum atomic E-state index is 0.00444. The lowest BCUT2D eigenvalue weighted by Crippen LogP contribution is -2.37. The fraction of sp³-hybridized carbons (Fsp3) is 1.00. The molecule has 3 nitrogen and oxygen atoms in total. The van der Waals surface area contributed by atoms with Crippen LogP contribution in [0.15, 0.2) is 0 Å². The highest BCUT2D eigenvalue weighted by Gasteiger charge is 2.21. The van der Waals surface area contributed by atoms with E-state index in [4.69, 9.17) is 14.2 Å². The second kappa shape index (κ2) is 8.04. The van der Waals surface area contributed by atoms with Crippen LogP contribution in [-0.4, -0.2) is 37.1 Å². The molecule has 0 spiro atoms. The van der Waals surface area contributed by atoms with Crippen molar-refractivity contribution in [2.75, 3.05) is 6.61 Å². The average Bonchev–Trinajstić information content (AvgIpc) is 2.09. The second-order valence-electron chi connectivity index (χ2n) is 5.00. The Morgan fingerprint density at radius 2 is 1.19 bits per heavy atom. The summed E-state index contributed by atoms with van der Waals surface area (Å²) in [4.78, 5) is 0. The van der Waals surface area contributed by atoms with Crippen molar-refractivity contribution in [1.82, 2.24) is 0 Å². The predicted molar refractivity (Wildman–Crippen MR) is 66.8 cm³/mol. The van der Waals surface area contributed by atoms with E-state index in [1.165, 1.54) is 0 Å². The lowest BCUT2D eigenvalue weighted by atomic mass is 10.2. The van der Waals surface area contributed by atoms with Crippen molar-refractivity contribution in [3.63, 3.8) is 0 Å². The molecule has 16 heavy (non-hydrogen) atoms. The van der Waals surface area contributed by atoms with E-state index >= 15 is 0 Å². The molecular weight excluding hydrogens is 204 g/mol. The summed E-state index contributed by atoms with van der Waals surface area (Å²) < 4.78 is 17.2. The van der Waals surface area contributed by atoms with Gasteiger partial charge in [-0.1, -0.05) is 0 Å². The van der Waals surface area contributed by atoms with Crippen molar-refractivity contribution < 1.29 is 14.2 Å². The highest BCUT2D eigenvalue weighted by Crippen LogP contribution is 2.11. The molecule has 2 unspecified atom stereocenters. The second-order valence-corrected chi connectivity index (χ2v) is 5.00. The SMILES string of the molecule is CC(C)OCC(OC(C)C)C(C)OC(C)C. The van der Waals surface area contributed by atoms with Crippen molar-refractivity contribution in [3.05, 3.63) is 0 Å². The van der Waals surface area contributed by atoms with Crippen molar-refractivity contribution in [3.8, 4) is 0 Å². The fourth-order valence-electron chi connectivity index (χ4n) is 1.44. The van der Waals surface area contributed by atoms with Crippen molar-refractivity contribution >= 4 is 0 Å². The van der Waals surface area contributed by atoms with E-state index in [0.717, 1.165) is 0 Å². The van der Waals surface area contributed by atoms with Gasteiger partial charge in [0, 0.05) is 0 Å². The Morgan fingerprint density at radius 3 is 1.56 bits per heavy atom. The Balaban J connectivity index is 4.17. The third-order valence-electron chi connectivity index (χ3n) is 2.05. The molecule has 0 aliphatic carbocycles. The summed E-state index contributed by atoms with van der Waals surface area (Å²) in [6.07, 6.45) is 0.696. The van der Waals surface area contributed by atoms with Gasteiger partial charge in [-0.15, -0.1) is 0 Å². The van der Waals surface area contributed by atoms with Gasteiger partial charge in [-0.25, -0.2) is 0 Å². The Labute approximate surface area is 100 Å². The lowest BCUT2D eigenvalue weighted by Gasteiger charge is -2.28. The van der Waals surface area contributed by atoms with Gasteiger partial charge >= 0.3 is 0 Å². The van der Waals surface area contributed by atoms with Crippen molar-refractivity contribution in [2.45, 2.75) is 79.0 Å². The highest BCUT2D eigenvalue weighted by atomic mass is 16.6. The monoisotopic (exact) mass is 232 g/mol. The molecule has 3 heteroatoms. The molecule has 0 rings (SSSR count). The zero-order valence-corrected chi connectivity index (χ0v) is 11.8. The topological polar surface area (TPSA) is 27.7 Å². The van der Waals surface area contributed by atoms with E-state index in [0.29, 0.717) is 6.61 Å². The van der Waals surface area contributed by atoms with E-state index in [-0.39, 0.29) is 30.5 Å². The van der Waals surface area contributed by atoms with Crippen LogP contribution >= 0.6 is 0 Å². The largest absolute Gasteiger partial charge is 0.376 e. The lowest BCUT2D eigenvalue weighted by molar-refractivity contribution is -0.133. The van der Waals surface area contributed by atoms with Crippen LogP contribution in [0.1, 0.15) is 48.5 Å². The Bertz CT molecular complexity index is 167. The molecule has 98 valence electrons. The molecule has 0 aromatic rings. The van der Waals surface area contributed by atoms with Gasteiger partial charge in [0.1, 0.15) is 6.10 Å². The normalized spacial score (nSPS) is 16.1. The van der Waals surface area contributed by atoms with E-state index in [1.54, 1.807) is 0 Å². The number of hydrogen-bond donors (Lipinski definition) is 0. The van der Waals surface area contributed by atoms with Crippen LogP contribution in [0.3, 0.4) is 0 Å². The molecule has 0 bridgehead atoms. The first-order valence-electron chi connectivity index (χ1n) is 6.25. The molecular formula is C13H28O3. The minimum absolute atomic E-state index is 0.00444. The maximum Gasteiger partial charge on any atom is 0.107 e. The van der Waals surface area contributed by atoms with Gasteiger partial charge in [0.05, 0.1) is 31.0 Å². The molecule has 0 aromatic carbocycles. The number of rotatable bonds is 8. The van der Waals surface area contributed by atoms with E-state index in [9.17, 15) is 0 Å². The molecule has 2 atom stereocenters. The summed E-state index contributed by atoms with van der Waals surface area (Å²) in [7, 11) is 0. The Hall–Kier alpha value is -0.120. The van der Waals surface area contributed by atoms with Crippen LogP contribution in [0.4, 0.5) is 0 Å². The van der Waals surface area contributed by atoms with Crippen LogP contribution in [0.2, 0.25) is 0 Å². The highest BCUT2D eigenvalue weighted by molar-refractivity contribution is 4.68. The fourth-order valence-corrected chi connectivity index (χ4v) is 1.44. The Morgan fingerprint density at radius 1 is 0.688 bits per heavy atom. The van der Waals surface area contributed by atoms with Gasteiger partial charge in [0.2, 0.25) is 0 Å². The number of ether oxygens (including phenoxy) is 3. The summed E-state index contributed by atoms with van der Waals surface area (Å²) in [5.41, 5.74) is 0. The molecule has 0 saturated carbocycles. The quantitative estimate of drug-likeness (QED) is 0.644. The van der Waals surface area contributed by atoms with E-state index in [2.05, 4.69) is 0 Å². The summed E-state index contributed by atoms with van der Waals surface area (Å²) >= 11 is 0. The molecule has 0 saturated heterocycles. The first-order valence-corrected chi connectivity index (χ1v) is 6.25. The van der Waals surface area contributed by atoms with Gasteiger partial charge in [0.15, 0.2) is 0 Å². The molecule has 0 N–H and O–H groups in total. The van der Waals surface area contributed by atoms with Crippen molar-refractivity contribution in [1.29, 1.82) is 0 Å². The molecule has 0 aliphatic rings. The molecule has 0 amide bonds. The van der Waals surface area contributed by atoms with Gasteiger partial charge in [-0.2, -0.15) is 0 Å². The smallest absolute Gasteiger partial charge is 0.107 e. The van der Waals surface area contributed by atoms with Gasteiger partial charge in [-0.3, -0.25) is 0 Å². The molecule has 0 fully saturated rings. The first kappa shape index (κ1) is 15.9. The summed E-state index contributed by atoms with van der Waals surface area (Å²) in [6.45, 7) is 14.8. The Kier molecular flexibility index (Phi) is 7.98. The third kappa shape index (κ3) is 8.08. The predicted octanol–water partition coefficient (Wildman–Crippen LogP) is 3.02. The first-order chi connectivity index (χ1) is 7.32. The van der Waals surface area contributed by atoms with Crippen LogP contribution in [0.5, 0.6) is 0 Å². The zero-order valence-electron chi connectivity index (χ0n) is 11.8. The molecule has 0 aliphatic heterocycles. The molecule has 0 heterocycles. The minimum Gasteiger partial charge on any atom is -0.376 e. The maximum atomic E-state index is 5.81. The summed E-state index contributed by atoms with van der Waals surface area (Å²) in [6, 6.07) is 0. The zero-order chi connectivity index (χ0) is 12.7. The summed E-state index contributed by atoms with van der Waals surface area (Å²) in [5, 5.41) is 0. The van der Waals surface area contributed by atoms with Crippen LogP contribution in [0.25, 0.3) is 0 Å². The maximum absolute atomic E-state index is 5.81. The molecule has 0 aromatic heterocycles. The van der Waals surface area contributed by atoms with Crippen LogP contribution < -0.4 is 0 Å². The van der Waals surface area contributed by atoms with Crippen LogP contribution in [-0.2, 0) is 14.2 Å². The van der Waals surface area contributed by atoms with Crippen LogP contribution in [0, 0.1) is 0 Å². The number of hydrogen-bond acceptors (Lipinski definition) is 3. The average molecular weight is 232 g/mol. The standard InChI is InChI=1S/C13H28O3/c1-9(2)14-8-13(16-11(5)6)12(7)15-10(3)4/h9-13H,8H2,1-7H3. The van der Waals surface area contributed by atoms with E-state index in [1.807, 2.05) is 48.5 Å². The summed E-state index contributed by atoms with van der Waals surface area (Å²) in [5.74, 6) is 0. The van der Waals surface area contributed by atoms with Gasteiger partial charge in [-0.05, 0) is 48.5 Å². The van der Waals surface area contributed by atoms with Gasteiger partial charge < -0.3 is 14.2 Å². The molecule has 0 radical (unpaired) electrons. The third-order valence-corrected chi connectivity index (χ3v) is 2.05. The van der Waals surface area contributed by atoms with Gasteiger partial charge in [0.25, 0.3) is 0 Å². The van der Waals surface area contributed by atoms with Crippen molar-refractivity contribution in [2.24, 2.45) is 0 Å². The van der Waals surface area contributed by atoms with E-state index < -0.39 is 0 Å².